The van der Waals surface area contributed by atoms with Gasteiger partial charge in [-0.3, -0.25) is 9.59 Å². The highest BCUT2D eigenvalue weighted by atomic mass is 35.5. The molecular weight excluding hydrogens is 324 g/mol. The Hall–Kier alpha value is -2.59. The predicted molar refractivity (Wildman–Crippen MR) is 97.7 cm³/mol. The van der Waals surface area contributed by atoms with Crippen molar-refractivity contribution < 1.29 is 4.79 Å². The van der Waals surface area contributed by atoms with E-state index in [1.54, 1.807) is 18.2 Å². The Morgan fingerprint density at radius 1 is 1.12 bits per heavy atom. The molecule has 0 radical (unpaired) electrons. The Balaban J connectivity index is 1.84. The van der Waals surface area contributed by atoms with Gasteiger partial charge in [0.1, 0.15) is 0 Å². The highest BCUT2D eigenvalue weighted by Gasteiger charge is 2.08. The number of rotatable bonds is 4. The van der Waals surface area contributed by atoms with Gasteiger partial charge in [0.15, 0.2) is 0 Å². The zero-order chi connectivity index (χ0) is 17.1. The molecule has 0 unspecified atom stereocenters. The van der Waals surface area contributed by atoms with Gasteiger partial charge in [0.2, 0.25) is 11.5 Å². The lowest BCUT2D eigenvalue weighted by Gasteiger charge is -2.09. The summed E-state index contributed by atoms with van der Waals surface area (Å²) in [6.07, 6.45) is 0.974. The van der Waals surface area contributed by atoms with Crippen LogP contribution in [0, 0.1) is 0 Å². The Morgan fingerprint density at radius 3 is 2.67 bits per heavy atom. The summed E-state index contributed by atoms with van der Waals surface area (Å²) in [4.78, 5) is 26.7. The molecule has 0 aliphatic carbocycles. The normalized spacial score (nSPS) is 10.8. The Kier molecular flexibility index (Phi) is 4.67. The summed E-state index contributed by atoms with van der Waals surface area (Å²) in [5.74, 6) is -0.156. The number of H-pyrrole nitrogens is 1. The highest BCUT2D eigenvalue weighted by molar-refractivity contribution is 6.31. The summed E-state index contributed by atoms with van der Waals surface area (Å²) < 4.78 is 0. The summed E-state index contributed by atoms with van der Waals surface area (Å²) in [6, 6.07) is 14.4. The number of amides is 1. The molecule has 1 amide bonds. The van der Waals surface area contributed by atoms with Crippen molar-refractivity contribution >= 4 is 34.1 Å². The zero-order valence-corrected chi connectivity index (χ0v) is 14.0. The molecule has 0 saturated carbocycles. The van der Waals surface area contributed by atoms with Crippen molar-refractivity contribution in [2.24, 2.45) is 0 Å². The molecule has 0 aliphatic rings. The third-order valence-corrected chi connectivity index (χ3v) is 4.27. The van der Waals surface area contributed by atoms with E-state index in [9.17, 15) is 9.59 Å². The number of benzene rings is 2. The molecule has 3 aromatic rings. The lowest BCUT2D eigenvalue weighted by molar-refractivity contribution is -0.115. The Labute approximate surface area is 144 Å². The van der Waals surface area contributed by atoms with E-state index in [0.717, 1.165) is 28.5 Å². The van der Waals surface area contributed by atoms with Crippen molar-refractivity contribution in [2.75, 3.05) is 5.32 Å². The van der Waals surface area contributed by atoms with Crippen LogP contribution in [0.3, 0.4) is 0 Å². The molecule has 4 nitrogen and oxygen atoms in total. The van der Waals surface area contributed by atoms with Crippen LogP contribution in [0.15, 0.2) is 53.3 Å². The van der Waals surface area contributed by atoms with Gasteiger partial charge in [-0.2, -0.15) is 0 Å². The third-order valence-electron chi connectivity index (χ3n) is 3.90. The van der Waals surface area contributed by atoms with Crippen molar-refractivity contribution in [3.8, 4) is 0 Å². The molecule has 0 bridgehead atoms. The first-order valence-electron chi connectivity index (χ1n) is 7.76. The molecule has 3 rings (SSSR count). The number of aromatic amines is 1. The van der Waals surface area contributed by atoms with Crippen LogP contribution in [-0.4, -0.2) is 10.9 Å². The molecule has 24 heavy (non-hydrogen) atoms. The number of halogens is 1. The molecule has 1 heterocycles. The number of carbonyl (C=O) groups is 1. The van der Waals surface area contributed by atoms with Gasteiger partial charge in [-0.15, -0.1) is 0 Å². The number of carbonyl (C=O) groups excluding carboxylic acids is 1. The maximum Gasteiger partial charge on any atom is 0.248 e. The Bertz CT molecular complexity index is 963. The van der Waals surface area contributed by atoms with E-state index in [1.165, 1.54) is 0 Å². The van der Waals surface area contributed by atoms with Crippen LogP contribution >= 0.6 is 11.6 Å². The minimum absolute atomic E-state index is 0.140. The van der Waals surface area contributed by atoms with Crippen LogP contribution in [0.4, 0.5) is 5.69 Å². The third kappa shape index (κ3) is 3.49. The molecule has 0 spiro atoms. The van der Waals surface area contributed by atoms with Gasteiger partial charge in [-0.05, 0) is 35.7 Å². The highest BCUT2D eigenvalue weighted by Crippen LogP contribution is 2.21. The maximum atomic E-state index is 12.2. The van der Waals surface area contributed by atoms with Crippen LogP contribution < -0.4 is 10.9 Å². The van der Waals surface area contributed by atoms with E-state index >= 15 is 0 Å². The lowest BCUT2D eigenvalue weighted by Crippen LogP contribution is -2.15. The smallest absolute Gasteiger partial charge is 0.248 e. The van der Waals surface area contributed by atoms with Gasteiger partial charge in [-0.1, -0.05) is 42.8 Å². The summed E-state index contributed by atoms with van der Waals surface area (Å²) in [5.41, 5.74) is 2.99. The minimum atomic E-state index is -0.156. The number of aryl methyl sites for hydroxylation is 1. The van der Waals surface area contributed by atoms with E-state index in [4.69, 9.17) is 11.6 Å². The van der Waals surface area contributed by atoms with Gasteiger partial charge in [0, 0.05) is 22.2 Å². The summed E-state index contributed by atoms with van der Waals surface area (Å²) in [6.45, 7) is 2.01. The van der Waals surface area contributed by atoms with Gasteiger partial charge in [-0.25, -0.2) is 0 Å². The topological polar surface area (TPSA) is 62.0 Å². The fourth-order valence-electron chi connectivity index (χ4n) is 2.72. The van der Waals surface area contributed by atoms with Crippen molar-refractivity contribution in [3.05, 3.63) is 75.0 Å². The number of nitrogens with one attached hydrogen (secondary N) is 2. The molecule has 0 fully saturated rings. The van der Waals surface area contributed by atoms with Crippen molar-refractivity contribution in [1.82, 2.24) is 4.98 Å². The van der Waals surface area contributed by atoms with E-state index in [1.807, 2.05) is 37.3 Å². The van der Waals surface area contributed by atoms with Gasteiger partial charge < -0.3 is 10.3 Å². The van der Waals surface area contributed by atoms with E-state index in [2.05, 4.69) is 10.3 Å². The molecule has 0 saturated heterocycles. The van der Waals surface area contributed by atoms with E-state index in [-0.39, 0.29) is 17.9 Å². The zero-order valence-electron chi connectivity index (χ0n) is 13.2. The number of fused-ring (bicyclic) bond motifs is 1. The number of hydrogen-bond acceptors (Lipinski definition) is 2. The molecule has 0 atom stereocenters. The second-order valence-corrected chi connectivity index (χ2v) is 6.00. The van der Waals surface area contributed by atoms with Crippen LogP contribution in [0.2, 0.25) is 5.02 Å². The van der Waals surface area contributed by atoms with Gasteiger partial charge in [0.25, 0.3) is 0 Å². The fraction of sp³-hybridized carbons (Fsp3) is 0.158. The SMILES string of the molecule is CCc1cc(=O)[nH]c2cc(NC(=O)Cc3ccccc3Cl)ccc12. The monoisotopic (exact) mass is 340 g/mol. The number of aromatic nitrogens is 1. The largest absolute Gasteiger partial charge is 0.326 e. The van der Waals surface area contributed by atoms with Crippen LogP contribution in [0.5, 0.6) is 0 Å². The average molecular weight is 341 g/mol. The van der Waals surface area contributed by atoms with Gasteiger partial charge >= 0.3 is 0 Å². The minimum Gasteiger partial charge on any atom is -0.326 e. The number of hydrogen-bond donors (Lipinski definition) is 2. The summed E-state index contributed by atoms with van der Waals surface area (Å²) >= 11 is 6.08. The number of anilines is 1. The van der Waals surface area contributed by atoms with Crippen molar-refractivity contribution in [3.63, 3.8) is 0 Å². The maximum absolute atomic E-state index is 12.2. The van der Waals surface area contributed by atoms with E-state index in [0.29, 0.717) is 10.7 Å². The average Bonchev–Trinajstić information content (AvgIpc) is 2.55. The lowest BCUT2D eigenvalue weighted by atomic mass is 10.1. The van der Waals surface area contributed by atoms with Gasteiger partial charge in [0.05, 0.1) is 11.9 Å². The summed E-state index contributed by atoms with van der Waals surface area (Å²) in [7, 11) is 0. The fourth-order valence-corrected chi connectivity index (χ4v) is 2.93. The molecule has 0 aliphatic heterocycles. The molecule has 1 aromatic heterocycles. The van der Waals surface area contributed by atoms with Crippen LogP contribution in [0.1, 0.15) is 18.1 Å². The molecular formula is C19H17ClN2O2. The molecule has 2 aromatic carbocycles. The first kappa shape index (κ1) is 16.3. The molecule has 5 heteroatoms. The number of pyridine rings is 1. The van der Waals surface area contributed by atoms with E-state index < -0.39 is 0 Å². The first-order chi connectivity index (χ1) is 11.6. The van der Waals surface area contributed by atoms with Crippen LogP contribution in [-0.2, 0) is 17.6 Å². The summed E-state index contributed by atoms with van der Waals surface area (Å²) in [5, 5.41) is 4.41. The second kappa shape index (κ2) is 6.89. The predicted octanol–water partition coefficient (Wildman–Crippen LogP) is 3.93. The standard InChI is InChI=1S/C19H17ClN2O2/c1-2-12-9-19(24)22-17-11-14(7-8-15(12)17)21-18(23)10-13-5-3-4-6-16(13)20/h3-9,11H,2,10H2,1H3,(H,21,23)(H,22,24). The molecule has 2 N–H and O–H groups in total. The first-order valence-corrected chi connectivity index (χ1v) is 8.14. The molecule has 122 valence electrons. The Morgan fingerprint density at radius 2 is 1.92 bits per heavy atom. The van der Waals surface area contributed by atoms with Crippen molar-refractivity contribution in [2.45, 2.75) is 19.8 Å². The quantitative estimate of drug-likeness (QED) is 0.756. The van der Waals surface area contributed by atoms with Crippen molar-refractivity contribution in [1.29, 1.82) is 0 Å². The second-order valence-electron chi connectivity index (χ2n) is 5.59. The van der Waals surface area contributed by atoms with Crippen LogP contribution in [0.25, 0.3) is 10.9 Å².